The van der Waals surface area contributed by atoms with Crippen molar-refractivity contribution in [1.29, 1.82) is 0 Å². The lowest BCUT2D eigenvalue weighted by atomic mass is 10.0. The summed E-state index contributed by atoms with van der Waals surface area (Å²) in [4.78, 5) is 0. The van der Waals surface area contributed by atoms with Crippen LogP contribution in [-0.4, -0.2) is 32.2 Å². The van der Waals surface area contributed by atoms with Crippen LogP contribution in [0.3, 0.4) is 0 Å². The fourth-order valence-corrected chi connectivity index (χ4v) is 3.53. The number of nitrogens with one attached hydrogen (secondary N) is 1. The molecule has 1 heterocycles. The molecule has 1 spiro atoms. The van der Waals surface area contributed by atoms with E-state index in [0.29, 0.717) is 17.3 Å². The highest BCUT2D eigenvalue weighted by Gasteiger charge is 2.58. The van der Waals surface area contributed by atoms with Crippen molar-refractivity contribution < 1.29 is 4.74 Å². The highest BCUT2D eigenvalue weighted by Crippen LogP contribution is 2.59. The molecule has 1 saturated carbocycles. The third kappa shape index (κ3) is 1.04. The molecule has 3 atom stereocenters. The van der Waals surface area contributed by atoms with Gasteiger partial charge >= 0.3 is 0 Å². The smallest absolute Gasteiger partial charge is 0.0806 e. The van der Waals surface area contributed by atoms with Crippen molar-refractivity contribution in [3.63, 3.8) is 0 Å². The molecule has 3 unspecified atom stereocenters. The van der Waals surface area contributed by atoms with Crippen molar-refractivity contribution in [2.24, 2.45) is 5.41 Å². The van der Waals surface area contributed by atoms with Gasteiger partial charge in [0.25, 0.3) is 0 Å². The molecule has 0 amide bonds. The fourth-order valence-electron chi connectivity index (χ4n) is 2.20. The lowest BCUT2D eigenvalue weighted by Gasteiger charge is -2.20. The largest absolute Gasteiger partial charge is 0.372 e. The Hall–Kier alpha value is 0.350. The van der Waals surface area contributed by atoms with Crippen molar-refractivity contribution in [3.05, 3.63) is 0 Å². The Labute approximate surface area is 69.9 Å². The van der Waals surface area contributed by atoms with Crippen LogP contribution in [0.1, 0.15) is 12.8 Å². The molecule has 0 aromatic rings. The highest BCUT2D eigenvalue weighted by atomic mass is 31.1. The van der Waals surface area contributed by atoms with Crippen molar-refractivity contribution >= 4 is 8.58 Å². The highest BCUT2D eigenvalue weighted by molar-refractivity contribution is 7.37. The van der Waals surface area contributed by atoms with Crippen LogP contribution in [0.15, 0.2) is 0 Å². The summed E-state index contributed by atoms with van der Waals surface area (Å²) >= 11 is 0. The number of hydrogen-bond donors (Lipinski definition) is 1. The Morgan fingerprint density at radius 1 is 1.55 bits per heavy atom. The summed E-state index contributed by atoms with van der Waals surface area (Å²) in [6, 6.07) is 0.639. The monoisotopic (exact) mass is 173 g/mol. The van der Waals surface area contributed by atoms with Gasteiger partial charge in [-0.05, 0) is 26.6 Å². The van der Waals surface area contributed by atoms with E-state index in [4.69, 9.17) is 4.74 Å². The van der Waals surface area contributed by atoms with E-state index in [1.807, 2.05) is 0 Å². The van der Waals surface area contributed by atoms with Gasteiger partial charge in [-0.1, -0.05) is 8.58 Å². The van der Waals surface area contributed by atoms with Crippen LogP contribution < -0.4 is 5.32 Å². The molecule has 3 heteroatoms. The SMILES string of the molecule is CNC1COC(PC)C12CC2. The molecule has 64 valence electrons. The predicted octanol–water partition coefficient (Wildman–Crippen LogP) is 1.02. The molecular weight excluding hydrogens is 157 g/mol. The molecule has 11 heavy (non-hydrogen) atoms. The molecule has 2 aliphatic rings. The Morgan fingerprint density at radius 2 is 2.27 bits per heavy atom. The zero-order valence-electron chi connectivity index (χ0n) is 7.18. The molecule has 1 saturated heterocycles. The van der Waals surface area contributed by atoms with Crippen LogP contribution in [0.4, 0.5) is 0 Å². The molecule has 2 fully saturated rings. The normalized spacial score (nSPS) is 40.9. The van der Waals surface area contributed by atoms with Gasteiger partial charge in [0.15, 0.2) is 0 Å². The summed E-state index contributed by atoms with van der Waals surface area (Å²) in [6.07, 6.45) is 2.76. The molecule has 0 radical (unpaired) electrons. The summed E-state index contributed by atoms with van der Waals surface area (Å²) in [5.41, 5.74) is 0.557. The van der Waals surface area contributed by atoms with Crippen LogP contribution in [0.5, 0.6) is 0 Å². The lowest BCUT2D eigenvalue weighted by Crippen LogP contribution is -2.35. The summed E-state index contributed by atoms with van der Waals surface area (Å²) < 4.78 is 5.73. The lowest BCUT2D eigenvalue weighted by molar-refractivity contribution is 0.151. The van der Waals surface area contributed by atoms with E-state index >= 15 is 0 Å². The first kappa shape index (κ1) is 7.97. The van der Waals surface area contributed by atoms with Gasteiger partial charge in [-0.3, -0.25) is 0 Å². The first-order chi connectivity index (χ1) is 5.33. The van der Waals surface area contributed by atoms with Gasteiger partial charge in [-0.2, -0.15) is 0 Å². The third-order valence-electron chi connectivity index (χ3n) is 3.08. The second-order valence-electron chi connectivity index (χ2n) is 3.58. The Bertz CT molecular complexity index is 144. The van der Waals surface area contributed by atoms with Crippen molar-refractivity contribution in [1.82, 2.24) is 5.32 Å². The summed E-state index contributed by atoms with van der Waals surface area (Å²) in [6.45, 7) is 3.19. The second-order valence-corrected chi connectivity index (χ2v) is 4.68. The standard InChI is InChI=1S/C8H16NOP/c1-9-6-5-10-7(11-2)8(6)3-4-8/h6-7,9,11H,3-5H2,1-2H3. The van der Waals surface area contributed by atoms with Crippen LogP contribution in [0, 0.1) is 5.41 Å². The number of ether oxygens (including phenoxy) is 1. The Morgan fingerprint density at radius 3 is 2.73 bits per heavy atom. The molecule has 0 bridgehead atoms. The van der Waals surface area contributed by atoms with E-state index in [9.17, 15) is 0 Å². The minimum atomic E-state index is 0.557. The first-order valence-corrected chi connectivity index (χ1v) is 5.87. The maximum atomic E-state index is 5.73. The van der Waals surface area contributed by atoms with Gasteiger partial charge in [0.1, 0.15) is 0 Å². The van der Waals surface area contributed by atoms with E-state index in [1.165, 1.54) is 12.8 Å². The second kappa shape index (κ2) is 2.69. The zero-order chi connectivity index (χ0) is 7.90. The molecule has 2 nitrogen and oxygen atoms in total. The van der Waals surface area contributed by atoms with Crippen LogP contribution in [-0.2, 0) is 4.74 Å². The van der Waals surface area contributed by atoms with E-state index in [0.717, 1.165) is 15.2 Å². The maximum absolute atomic E-state index is 5.73. The van der Waals surface area contributed by atoms with Crippen molar-refractivity contribution in [3.8, 4) is 0 Å². The fraction of sp³-hybridized carbons (Fsp3) is 1.00. The average Bonchev–Trinajstić information content (AvgIpc) is 2.68. The van der Waals surface area contributed by atoms with Crippen molar-refractivity contribution in [2.45, 2.75) is 24.7 Å². The first-order valence-electron chi connectivity index (χ1n) is 4.29. The molecule has 2 rings (SSSR count). The molecular formula is C8H16NOP. The maximum Gasteiger partial charge on any atom is 0.0806 e. The van der Waals surface area contributed by atoms with E-state index in [2.05, 4.69) is 19.0 Å². The number of hydrogen-bond acceptors (Lipinski definition) is 2. The van der Waals surface area contributed by atoms with Crippen LogP contribution in [0.2, 0.25) is 0 Å². The molecule has 1 N–H and O–H groups in total. The predicted molar refractivity (Wildman–Crippen MR) is 48.5 cm³/mol. The number of likely N-dealkylation sites (N-methyl/N-ethyl adjacent to an activating group) is 1. The average molecular weight is 173 g/mol. The van der Waals surface area contributed by atoms with E-state index < -0.39 is 0 Å². The topological polar surface area (TPSA) is 21.3 Å². The molecule has 1 aliphatic heterocycles. The molecule has 0 aromatic heterocycles. The van der Waals surface area contributed by atoms with Gasteiger partial charge in [-0.25, -0.2) is 0 Å². The van der Waals surface area contributed by atoms with Crippen LogP contribution in [0.25, 0.3) is 0 Å². The van der Waals surface area contributed by atoms with Gasteiger partial charge in [0.2, 0.25) is 0 Å². The third-order valence-corrected chi connectivity index (χ3v) is 4.35. The summed E-state index contributed by atoms with van der Waals surface area (Å²) in [5.74, 6) is 0.569. The Kier molecular flexibility index (Phi) is 1.95. The Balaban J connectivity index is 2.08. The minimum Gasteiger partial charge on any atom is -0.372 e. The zero-order valence-corrected chi connectivity index (χ0v) is 8.18. The number of rotatable bonds is 2. The summed E-state index contributed by atoms with van der Waals surface area (Å²) in [5, 5.41) is 3.36. The van der Waals surface area contributed by atoms with Gasteiger partial charge in [-0.15, -0.1) is 0 Å². The van der Waals surface area contributed by atoms with Gasteiger partial charge < -0.3 is 10.1 Å². The van der Waals surface area contributed by atoms with Gasteiger partial charge in [0.05, 0.1) is 12.5 Å². The van der Waals surface area contributed by atoms with Crippen molar-refractivity contribution in [2.75, 3.05) is 20.3 Å². The quantitative estimate of drug-likeness (QED) is 0.629. The van der Waals surface area contributed by atoms with Crippen LogP contribution >= 0.6 is 8.58 Å². The molecule has 0 aromatic carbocycles. The molecule has 1 aliphatic carbocycles. The van der Waals surface area contributed by atoms with E-state index in [1.54, 1.807) is 0 Å². The summed E-state index contributed by atoms with van der Waals surface area (Å²) in [7, 11) is 3.00. The van der Waals surface area contributed by atoms with Gasteiger partial charge in [0, 0.05) is 11.5 Å². The van der Waals surface area contributed by atoms with E-state index in [-0.39, 0.29) is 0 Å². The minimum absolute atomic E-state index is 0.557.